The number of anilines is 1. The Kier molecular flexibility index (Phi) is 4.94. The maximum atomic E-state index is 11.9. The second-order valence-corrected chi connectivity index (χ2v) is 4.92. The van der Waals surface area contributed by atoms with Gasteiger partial charge in [-0.1, -0.05) is 11.6 Å². The second kappa shape index (κ2) is 6.69. The zero-order chi connectivity index (χ0) is 14.5. The Morgan fingerprint density at radius 1 is 1.45 bits per heavy atom. The topological polar surface area (TPSA) is 87.7 Å². The number of carboxylic acids is 1. The number of hydrogen-bond acceptors (Lipinski definition) is 4. The Bertz CT molecular complexity index is 515. The fourth-order valence-corrected chi connectivity index (χ4v) is 2.19. The van der Waals surface area contributed by atoms with Crippen LogP contribution in [-0.4, -0.2) is 42.8 Å². The summed E-state index contributed by atoms with van der Waals surface area (Å²) in [6.45, 7) is 2.00. The quantitative estimate of drug-likeness (QED) is 0.781. The van der Waals surface area contributed by atoms with Gasteiger partial charge in [-0.2, -0.15) is 0 Å². The fourth-order valence-electron chi connectivity index (χ4n) is 1.95. The molecule has 20 heavy (non-hydrogen) atoms. The van der Waals surface area contributed by atoms with Gasteiger partial charge in [0, 0.05) is 23.8 Å². The molecule has 0 saturated carbocycles. The molecule has 3 N–H and O–H groups in total. The average molecular weight is 299 g/mol. The number of rotatable bonds is 4. The first kappa shape index (κ1) is 14.8. The van der Waals surface area contributed by atoms with E-state index in [2.05, 4.69) is 10.6 Å². The van der Waals surface area contributed by atoms with Crippen LogP contribution in [0.5, 0.6) is 0 Å². The van der Waals surface area contributed by atoms with E-state index in [1.54, 1.807) is 0 Å². The summed E-state index contributed by atoms with van der Waals surface area (Å²) in [6, 6.07) is 4.20. The van der Waals surface area contributed by atoms with Gasteiger partial charge in [0.05, 0.1) is 24.7 Å². The molecule has 108 valence electrons. The summed E-state index contributed by atoms with van der Waals surface area (Å²) >= 11 is 5.82. The number of carbonyl (C=O) groups excluding carboxylic acids is 1. The highest BCUT2D eigenvalue weighted by molar-refractivity contribution is 6.31. The molecule has 0 aromatic heterocycles. The van der Waals surface area contributed by atoms with Crippen LogP contribution >= 0.6 is 11.6 Å². The molecule has 1 amide bonds. The third-order valence-corrected chi connectivity index (χ3v) is 3.06. The molecule has 1 saturated heterocycles. The van der Waals surface area contributed by atoms with Gasteiger partial charge in [-0.05, 0) is 18.2 Å². The summed E-state index contributed by atoms with van der Waals surface area (Å²) < 4.78 is 5.43. The van der Waals surface area contributed by atoms with Crippen molar-refractivity contribution in [2.75, 3.05) is 25.0 Å². The Morgan fingerprint density at radius 2 is 2.25 bits per heavy atom. The number of carboxylic acid groups (broad SMARTS) is 1. The molecule has 0 aliphatic carbocycles. The van der Waals surface area contributed by atoms with Gasteiger partial charge in [-0.3, -0.25) is 4.79 Å². The smallest absolute Gasteiger partial charge is 0.335 e. The first-order chi connectivity index (χ1) is 9.54. The van der Waals surface area contributed by atoms with Crippen LogP contribution in [0.4, 0.5) is 5.69 Å². The van der Waals surface area contributed by atoms with Crippen molar-refractivity contribution in [3.05, 3.63) is 28.8 Å². The summed E-state index contributed by atoms with van der Waals surface area (Å²) in [4.78, 5) is 22.8. The minimum Gasteiger partial charge on any atom is -0.478 e. The standard InChI is InChI=1S/C13H15ClN2O4/c14-9-3-8(13(18)19)4-10(5-9)16-12(17)6-11-7-15-1-2-20-11/h3-5,11,15H,1-2,6-7H2,(H,16,17)(H,18,19). The Morgan fingerprint density at radius 3 is 2.90 bits per heavy atom. The van der Waals surface area contributed by atoms with Crippen molar-refractivity contribution < 1.29 is 19.4 Å². The molecule has 6 nitrogen and oxygen atoms in total. The van der Waals surface area contributed by atoms with Crippen molar-refractivity contribution >= 4 is 29.2 Å². The predicted octanol–water partition coefficient (Wildman–Crippen LogP) is 1.36. The van der Waals surface area contributed by atoms with Gasteiger partial charge in [0.1, 0.15) is 0 Å². The van der Waals surface area contributed by atoms with Crippen LogP contribution in [0.2, 0.25) is 5.02 Å². The number of benzene rings is 1. The molecule has 0 spiro atoms. The molecular formula is C13H15ClN2O4. The van der Waals surface area contributed by atoms with Crippen LogP contribution in [0.15, 0.2) is 18.2 Å². The zero-order valence-electron chi connectivity index (χ0n) is 10.7. The minimum absolute atomic E-state index is 0.0309. The lowest BCUT2D eigenvalue weighted by Gasteiger charge is -2.23. The Balaban J connectivity index is 1.98. The molecule has 1 heterocycles. The number of ether oxygens (including phenoxy) is 1. The van der Waals surface area contributed by atoms with E-state index in [1.165, 1.54) is 18.2 Å². The van der Waals surface area contributed by atoms with Crippen molar-refractivity contribution in [1.82, 2.24) is 5.32 Å². The highest BCUT2D eigenvalue weighted by Gasteiger charge is 2.17. The molecule has 0 radical (unpaired) electrons. The molecule has 1 aromatic rings. The Labute approximate surface area is 121 Å². The summed E-state index contributed by atoms with van der Waals surface area (Å²) in [5, 5.41) is 15.0. The first-order valence-corrected chi connectivity index (χ1v) is 6.58. The van der Waals surface area contributed by atoms with E-state index >= 15 is 0 Å². The number of halogens is 1. The predicted molar refractivity (Wildman–Crippen MR) is 74.3 cm³/mol. The molecule has 1 fully saturated rings. The van der Waals surface area contributed by atoms with E-state index in [0.29, 0.717) is 18.8 Å². The molecule has 7 heteroatoms. The third-order valence-electron chi connectivity index (χ3n) is 2.85. The normalized spacial score (nSPS) is 18.6. The number of amides is 1. The summed E-state index contributed by atoms with van der Waals surface area (Å²) in [5.74, 6) is -1.33. The van der Waals surface area contributed by atoms with Crippen molar-refractivity contribution in [3.8, 4) is 0 Å². The van der Waals surface area contributed by atoms with Gasteiger partial charge in [0.2, 0.25) is 5.91 Å². The van der Waals surface area contributed by atoms with E-state index in [1.807, 2.05) is 0 Å². The maximum Gasteiger partial charge on any atom is 0.335 e. The molecule has 2 rings (SSSR count). The van der Waals surface area contributed by atoms with Gasteiger partial charge >= 0.3 is 5.97 Å². The lowest BCUT2D eigenvalue weighted by Crippen LogP contribution is -2.40. The van der Waals surface area contributed by atoms with Crippen molar-refractivity contribution in [2.24, 2.45) is 0 Å². The van der Waals surface area contributed by atoms with Gasteiger partial charge in [-0.25, -0.2) is 4.79 Å². The molecule has 1 aromatic carbocycles. The summed E-state index contributed by atoms with van der Waals surface area (Å²) in [5.41, 5.74) is 0.395. The second-order valence-electron chi connectivity index (χ2n) is 4.48. The third kappa shape index (κ3) is 4.19. The van der Waals surface area contributed by atoms with E-state index < -0.39 is 5.97 Å². The van der Waals surface area contributed by atoms with Crippen LogP contribution in [-0.2, 0) is 9.53 Å². The van der Waals surface area contributed by atoms with Crippen molar-refractivity contribution in [3.63, 3.8) is 0 Å². The molecule has 1 aliphatic heterocycles. The lowest BCUT2D eigenvalue weighted by molar-refractivity contribution is -0.119. The number of morpholine rings is 1. The summed E-state index contributed by atoms with van der Waals surface area (Å²) in [7, 11) is 0. The SMILES string of the molecule is O=C(CC1CNCCO1)Nc1cc(Cl)cc(C(=O)O)c1. The Hall–Kier alpha value is -1.63. The molecule has 1 unspecified atom stereocenters. The fraction of sp³-hybridized carbons (Fsp3) is 0.385. The molecule has 1 atom stereocenters. The highest BCUT2D eigenvalue weighted by Crippen LogP contribution is 2.19. The zero-order valence-corrected chi connectivity index (χ0v) is 11.4. The summed E-state index contributed by atoms with van der Waals surface area (Å²) in [6.07, 6.45) is 0.0453. The first-order valence-electron chi connectivity index (χ1n) is 6.20. The average Bonchev–Trinajstić information content (AvgIpc) is 2.38. The molecular weight excluding hydrogens is 284 g/mol. The maximum absolute atomic E-state index is 11.9. The van der Waals surface area contributed by atoms with Crippen LogP contribution in [0, 0.1) is 0 Å². The number of hydrogen-bond donors (Lipinski definition) is 3. The van der Waals surface area contributed by atoms with Crippen LogP contribution in [0.25, 0.3) is 0 Å². The van der Waals surface area contributed by atoms with Crippen molar-refractivity contribution in [2.45, 2.75) is 12.5 Å². The van der Waals surface area contributed by atoms with Gasteiger partial charge in [-0.15, -0.1) is 0 Å². The number of carbonyl (C=O) groups is 2. The number of nitrogens with one attached hydrogen (secondary N) is 2. The minimum atomic E-state index is -1.09. The van der Waals surface area contributed by atoms with E-state index in [9.17, 15) is 9.59 Å². The van der Waals surface area contributed by atoms with E-state index in [-0.39, 0.29) is 29.0 Å². The van der Waals surface area contributed by atoms with Gasteiger partial charge in [0.15, 0.2) is 0 Å². The lowest BCUT2D eigenvalue weighted by atomic mass is 10.2. The monoisotopic (exact) mass is 298 g/mol. The van der Waals surface area contributed by atoms with Crippen LogP contribution < -0.4 is 10.6 Å². The van der Waals surface area contributed by atoms with Crippen LogP contribution in [0.1, 0.15) is 16.8 Å². The largest absolute Gasteiger partial charge is 0.478 e. The molecule has 0 bridgehead atoms. The van der Waals surface area contributed by atoms with E-state index in [4.69, 9.17) is 21.4 Å². The van der Waals surface area contributed by atoms with Gasteiger partial charge < -0.3 is 20.5 Å². The number of aromatic carboxylic acids is 1. The van der Waals surface area contributed by atoms with Gasteiger partial charge in [0.25, 0.3) is 0 Å². The van der Waals surface area contributed by atoms with Crippen LogP contribution in [0.3, 0.4) is 0 Å². The van der Waals surface area contributed by atoms with E-state index in [0.717, 1.165) is 6.54 Å². The highest BCUT2D eigenvalue weighted by atomic mass is 35.5. The molecule has 1 aliphatic rings. The van der Waals surface area contributed by atoms with Crippen molar-refractivity contribution in [1.29, 1.82) is 0 Å².